The second-order valence-corrected chi connectivity index (χ2v) is 5.38. The van der Waals surface area contributed by atoms with Crippen LogP contribution in [0.15, 0.2) is 18.3 Å². The molecule has 0 fully saturated rings. The molecule has 1 aromatic rings. The molecule has 0 bridgehead atoms. The summed E-state index contributed by atoms with van der Waals surface area (Å²) in [6.07, 6.45) is 4.28. The first-order valence-electron chi connectivity index (χ1n) is 6.99. The van der Waals surface area contributed by atoms with Crippen molar-refractivity contribution >= 4 is 5.69 Å². The SMILES string of the molecule is CCCNc1ccnc(CN(C)CCC(C)C)c1. The Kier molecular flexibility index (Phi) is 6.73. The molecule has 0 aliphatic carbocycles. The van der Waals surface area contributed by atoms with Gasteiger partial charge in [0.2, 0.25) is 0 Å². The van der Waals surface area contributed by atoms with E-state index in [1.807, 2.05) is 12.3 Å². The van der Waals surface area contributed by atoms with E-state index in [4.69, 9.17) is 0 Å². The van der Waals surface area contributed by atoms with Crippen LogP contribution in [0.4, 0.5) is 5.69 Å². The number of anilines is 1. The number of aromatic nitrogens is 1. The maximum atomic E-state index is 4.43. The zero-order valence-corrected chi connectivity index (χ0v) is 12.2. The van der Waals surface area contributed by atoms with Gasteiger partial charge in [-0.1, -0.05) is 20.8 Å². The summed E-state index contributed by atoms with van der Waals surface area (Å²) in [6, 6.07) is 4.19. The van der Waals surface area contributed by atoms with Gasteiger partial charge in [-0.25, -0.2) is 0 Å². The Labute approximate surface area is 112 Å². The average Bonchev–Trinajstić information content (AvgIpc) is 2.34. The highest BCUT2D eigenvalue weighted by molar-refractivity contribution is 5.43. The molecule has 1 N–H and O–H groups in total. The van der Waals surface area contributed by atoms with Crippen LogP contribution in [0, 0.1) is 5.92 Å². The number of nitrogens with one attached hydrogen (secondary N) is 1. The third-order valence-electron chi connectivity index (χ3n) is 2.92. The van der Waals surface area contributed by atoms with Crippen LogP contribution in [0.2, 0.25) is 0 Å². The van der Waals surface area contributed by atoms with Crippen LogP contribution in [0.25, 0.3) is 0 Å². The maximum Gasteiger partial charge on any atom is 0.0564 e. The van der Waals surface area contributed by atoms with Gasteiger partial charge in [0.25, 0.3) is 0 Å². The van der Waals surface area contributed by atoms with Gasteiger partial charge in [0.15, 0.2) is 0 Å². The van der Waals surface area contributed by atoms with E-state index in [9.17, 15) is 0 Å². The molecule has 1 rings (SSSR count). The summed E-state index contributed by atoms with van der Waals surface area (Å²) < 4.78 is 0. The van der Waals surface area contributed by atoms with Gasteiger partial charge in [-0.3, -0.25) is 4.98 Å². The highest BCUT2D eigenvalue weighted by Crippen LogP contribution is 2.10. The smallest absolute Gasteiger partial charge is 0.0564 e. The quantitative estimate of drug-likeness (QED) is 0.765. The molecule has 3 nitrogen and oxygen atoms in total. The summed E-state index contributed by atoms with van der Waals surface area (Å²) >= 11 is 0. The van der Waals surface area contributed by atoms with Gasteiger partial charge in [0.1, 0.15) is 0 Å². The summed E-state index contributed by atoms with van der Waals surface area (Å²) in [5.41, 5.74) is 2.32. The van der Waals surface area contributed by atoms with E-state index in [0.717, 1.165) is 37.7 Å². The van der Waals surface area contributed by atoms with Crippen LogP contribution in [-0.4, -0.2) is 30.0 Å². The molecule has 0 amide bonds. The van der Waals surface area contributed by atoms with E-state index >= 15 is 0 Å². The summed E-state index contributed by atoms with van der Waals surface area (Å²) in [7, 11) is 2.16. The molecular weight excluding hydrogens is 222 g/mol. The zero-order valence-electron chi connectivity index (χ0n) is 12.2. The van der Waals surface area contributed by atoms with E-state index in [1.54, 1.807) is 0 Å². The molecule has 0 aliphatic heterocycles. The normalized spacial score (nSPS) is 11.2. The molecule has 0 saturated carbocycles. The second kappa shape index (κ2) is 8.09. The topological polar surface area (TPSA) is 28.2 Å². The first kappa shape index (κ1) is 15.0. The van der Waals surface area contributed by atoms with Gasteiger partial charge in [-0.05, 0) is 44.5 Å². The predicted molar refractivity (Wildman–Crippen MR) is 78.8 cm³/mol. The lowest BCUT2D eigenvalue weighted by molar-refractivity contribution is 0.300. The van der Waals surface area contributed by atoms with Gasteiger partial charge >= 0.3 is 0 Å². The van der Waals surface area contributed by atoms with Crippen LogP contribution in [0.3, 0.4) is 0 Å². The predicted octanol–water partition coefficient (Wildman–Crippen LogP) is 3.38. The van der Waals surface area contributed by atoms with Crippen molar-refractivity contribution in [2.45, 2.75) is 40.2 Å². The molecule has 18 heavy (non-hydrogen) atoms. The molecule has 3 heteroatoms. The van der Waals surface area contributed by atoms with Gasteiger partial charge in [0, 0.05) is 25.0 Å². The molecule has 0 spiro atoms. The zero-order chi connectivity index (χ0) is 13.4. The first-order chi connectivity index (χ1) is 8.61. The Morgan fingerprint density at radius 2 is 2.17 bits per heavy atom. The fourth-order valence-electron chi connectivity index (χ4n) is 1.78. The second-order valence-electron chi connectivity index (χ2n) is 5.38. The lowest BCUT2D eigenvalue weighted by Gasteiger charge is -2.17. The average molecular weight is 249 g/mol. The minimum atomic E-state index is 0.762. The van der Waals surface area contributed by atoms with E-state index in [1.165, 1.54) is 12.1 Å². The van der Waals surface area contributed by atoms with E-state index in [-0.39, 0.29) is 0 Å². The molecule has 102 valence electrons. The minimum Gasteiger partial charge on any atom is -0.385 e. The number of rotatable bonds is 8. The fraction of sp³-hybridized carbons (Fsp3) is 0.667. The Balaban J connectivity index is 2.45. The molecule has 0 aromatic carbocycles. The molecule has 0 saturated heterocycles. The van der Waals surface area contributed by atoms with Crippen molar-refractivity contribution < 1.29 is 0 Å². The third-order valence-corrected chi connectivity index (χ3v) is 2.92. The monoisotopic (exact) mass is 249 g/mol. The van der Waals surface area contributed by atoms with Gasteiger partial charge < -0.3 is 10.2 Å². The highest BCUT2D eigenvalue weighted by atomic mass is 15.1. The Hall–Kier alpha value is -1.09. The van der Waals surface area contributed by atoms with Crippen molar-refractivity contribution in [3.8, 4) is 0 Å². The molecule has 0 atom stereocenters. The van der Waals surface area contributed by atoms with Gasteiger partial charge in [0.05, 0.1) is 5.69 Å². The highest BCUT2D eigenvalue weighted by Gasteiger charge is 2.03. The van der Waals surface area contributed by atoms with Crippen molar-refractivity contribution in [2.24, 2.45) is 5.92 Å². The van der Waals surface area contributed by atoms with Gasteiger partial charge in [-0.15, -0.1) is 0 Å². The van der Waals surface area contributed by atoms with Crippen LogP contribution in [0.1, 0.15) is 39.3 Å². The summed E-state index contributed by atoms with van der Waals surface area (Å²) in [6.45, 7) is 9.78. The van der Waals surface area contributed by atoms with Crippen LogP contribution < -0.4 is 5.32 Å². The largest absolute Gasteiger partial charge is 0.385 e. The first-order valence-corrected chi connectivity index (χ1v) is 6.99. The fourth-order valence-corrected chi connectivity index (χ4v) is 1.78. The molecule has 0 aliphatic rings. The summed E-state index contributed by atoms with van der Waals surface area (Å²) in [5.74, 6) is 0.762. The maximum absolute atomic E-state index is 4.43. The van der Waals surface area contributed by atoms with E-state index in [2.05, 4.69) is 49.1 Å². The minimum absolute atomic E-state index is 0.762. The van der Waals surface area contributed by atoms with Crippen LogP contribution in [0.5, 0.6) is 0 Å². The van der Waals surface area contributed by atoms with Crippen molar-refractivity contribution in [3.63, 3.8) is 0 Å². The molecule has 1 heterocycles. The number of hydrogen-bond donors (Lipinski definition) is 1. The van der Waals surface area contributed by atoms with Gasteiger partial charge in [-0.2, -0.15) is 0 Å². The van der Waals surface area contributed by atoms with Crippen molar-refractivity contribution in [1.82, 2.24) is 9.88 Å². The van der Waals surface area contributed by atoms with E-state index in [0.29, 0.717) is 0 Å². The van der Waals surface area contributed by atoms with Crippen molar-refractivity contribution in [1.29, 1.82) is 0 Å². The number of pyridine rings is 1. The standard InChI is InChI=1S/C15H27N3/c1-5-8-16-14-6-9-17-15(11-14)12-18(4)10-7-13(2)3/h6,9,11,13H,5,7-8,10,12H2,1-4H3,(H,16,17). The summed E-state index contributed by atoms with van der Waals surface area (Å²) in [5, 5.41) is 3.40. The molecular formula is C15H27N3. The third kappa shape index (κ3) is 6.01. The van der Waals surface area contributed by atoms with Crippen LogP contribution >= 0.6 is 0 Å². The lowest BCUT2D eigenvalue weighted by atomic mass is 10.1. The van der Waals surface area contributed by atoms with Crippen LogP contribution in [-0.2, 0) is 6.54 Å². The summed E-state index contributed by atoms with van der Waals surface area (Å²) in [4.78, 5) is 6.77. The molecule has 0 radical (unpaired) electrons. The van der Waals surface area contributed by atoms with Crippen molar-refractivity contribution in [3.05, 3.63) is 24.0 Å². The Morgan fingerprint density at radius 3 is 2.83 bits per heavy atom. The Morgan fingerprint density at radius 1 is 1.39 bits per heavy atom. The number of hydrogen-bond acceptors (Lipinski definition) is 3. The lowest BCUT2D eigenvalue weighted by Crippen LogP contribution is -2.21. The molecule has 0 unspecified atom stereocenters. The number of nitrogens with zero attached hydrogens (tertiary/aromatic N) is 2. The van der Waals surface area contributed by atoms with Crippen molar-refractivity contribution in [2.75, 3.05) is 25.5 Å². The molecule has 1 aromatic heterocycles. The van der Waals surface area contributed by atoms with E-state index < -0.39 is 0 Å². The Bertz CT molecular complexity index is 336.